The van der Waals surface area contributed by atoms with Gasteiger partial charge in [-0.1, -0.05) is 31.0 Å². The van der Waals surface area contributed by atoms with Gasteiger partial charge in [-0.05, 0) is 32.3 Å². The molecule has 0 aliphatic heterocycles. The molecule has 1 fully saturated rings. The first-order chi connectivity index (χ1) is 8.54. The third kappa shape index (κ3) is 1.45. The van der Waals surface area contributed by atoms with Crippen molar-refractivity contribution in [3.05, 3.63) is 35.0 Å². The molecular formula is C16H22N2. The van der Waals surface area contributed by atoms with E-state index in [0.29, 0.717) is 0 Å². The summed E-state index contributed by atoms with van der Waals surface area (Å²) < 4.78 is 2.31. The van der Waals surface area contributed by atoms with Crippen LogP contribution >= 0.6 is 0 Å². The summed E-state index contributed by atoms with van der Waals surface area (Å²) in [6.07, 6.45) is 4.78. The van der Waals surface area contributed by atoms with Crippen molar-refractivity contribution in [2.75, 3.05) is 0 Å². The zero-order chi connectivity index (χ0) is 12.9. The van der Waals surface area contributed by atoms with Gasteiger partial charge in [0.2, 0.25) is 0 Å². The summed E-state index contributed by atoms with van der Waals surface area (Å²) >= 11 is 0. The minimum absolute atomic E-state index is 0.0998. The average Bonchev–Trinajstić information content (AvgIpc) is 2.85. The van der Waals surface area contributed by atoms with Crippen LogP contribution in [-0.2, 0) is 12.6 Å². The second-order valence-corrected chi connectivity index (χ2v) is 5.85. The van der Waals surface area contributed by atoms with Gasteiger partial charge in [-0.2, -0.15) is 0 Å². The Hall–Kier alpha value is -1.28. The molecule has 0 radical (unpaired) electrons. The van der Waals surface area contributed by atoms with Crippen LogP contribution in [0.25, 0.3) is 10.9 Å². The molecule has 0 amide bonds. The maximum absolute atomic E-state index is 6.70. The average molecular weight is 242 g/mol. The predicted molar refractivity (Wildman–Crippen MR) is 76.7 cm³/mol. The molecule has 1 aromatic heterocycles. The van der Waals surface area contributed by atoms with Gasteiger partial charge < -0.3 is 10.3 Å². The van der Waals surface area contributed by atoms with E-state index in [0.717, 1.165) is 12.8 Å². The number of nitrogens with zero attached hydrogens (tertiary/aromatic N) is 1. The molecule has 2 N–H and O–H groups in total. The lowest BCUT2D eigenvalue weighted by atomic mass is 9.87. The number of benzene rings is 1. The Morgan fingerprint density at radius 2 is 1.83 bits per heavy atom. The van der Waals surface area contributed by atoms with Crippen LogP contribution in [0.15, 0.2) is 18.2 Å². The van der Waals surface area contributed by atoms with Gasteiger partial charge in [0.1, 0.15) is 0 Å². The Morgan fingerprint density at radius 3 is 2.50 bits per heavy atom. The number of aromatic nitrogens is 1. The second-order valence-electron chi connectivity index (χ2n) is 5.85. The summed E-state index contributed by atoms with van der Waals surface area (Å²) in [5.74, 6) is 0. The fraction of sp³-hybridized carbons (Fsp3) is 0.500. The lowest BCUT2D eigenvalue weighted by Gasteiger charge is -2.24. The Balaban J connectivity index is 2.36. The van der Waals surface area contributed by atoms with Crippen LogP contribution in [0.3, 0.4) is 0 Å². The van der Waals surface area contributed by atoms with Gasteiger partial charge in [0, 0.05) is 29.2 Å². The molecule has 2 aromatic rings. The largest absolute Gasteiger partial charge is 0.347 e. The molecule has 1 heterocycles. The van der Waals surface area contributed by atoms with Gasteiger partial charge in [0.05, 0.1) is 5.52 Å². The molecular weight excluding hydrogens is 220 g/mol. The van der Waals surface area contributed by atoms with Crippen molar-refractivity contribution in [2.24, 2.45) is 12.8 Å². The maximum atomic E-state index is 6.70. The summed E-state index contributed by atoms with van der Waals surface area (Å²) in [6.45, 7) is 4.39. The van der Waals surface area contributed by atoms with Crippen molar-refractivity contribution in [3.8, 4) is 0 Å². The minimum atomic E-state index is -0.0998. The number of fused-ring (bicyclic) bond motifs is 1. The summed E-state index contributed by atoms with van der Waals surface area (Å²) in [7, 11) is 2.16. The fourth-order valence-corrected chi connectivity index (χ4v) is 3.72. The van der Waals surface area contributed by atoms with E-state index in [9.17, 15) is 0 Å². The standard InChI is InChI=1S/C16H22N2/c1-11-7-6-8-13-14(12(2)18(3)15(11)13)16(17)9-4-5-10-16/h6-8H,4-5,9-10,17H2,1-3H3. The van der Waals surface area contributed by atoms with E-state index in [1.165, 1.54) is 40.6 Å². The summed E-state index contributed by atoms with van der Waals surface area (Å²) in [5, 5.41) is 1.36. The molecule has 0 spiro atoms. The van der Waals surface area contributed by atoms with Gasteiger partial charge in [-0.15, -0.1) is 0 Å². The highest BCUT2D eigenvalue weighted by Gasteiger charge is 2.35. The summed E-state index contributed by atoms with van der Waals surface area (Å²) in [4.78, 5) is 0. The van der Waals surface area contributed by atoms with Crippen LogP contribution in [0.4, 0.5) is 0 Å². The predicted octanol–water partition coefficient (Wildman–Crippen LogP) is 3.52. The molecule has 0 atom stereocenters. The fourth-order valence-electron chi connectivity index (χ4n) is 3.72. The molecule has 1 aliphatic rings. The number of hydrogen-bond donors (Lipinski definition) is 1. The van der Waals surface area contributed by atoms with E-state index in [1.54, 1.807) is 0 Å². The van der Waals surface area contributed by atoms with Crippen LogP contribution in [0.1, 0.15) is 42.5 Å². The molecule has 1 saturated carbocycles. The third-order valence-corrected chi connectivity index (χ3v) is 4.70. The van der Waals surface area contributed by atoms with E-state index >= 15 is 0 Å². The quantitative estimate of drug-likeness (QED) is 0.815. The molecule has 96 valence electrons. The third-order valence-electron chi connectivity index (χ3n) is 4.70. The molecule has 2 nitrogen and oxygen atoms in total. The van der Waals surface area contributed by atoms with E-state index < -0.39 is 0 Å². The Bertz CT molecular complexity index is 601. The Kier molecular flexibility index (Phi) is 2.53. The molecule has 3 rings (SSSR count). The van der Waals surface area contributed by atoms with Crippen LogP contribution in [0, 0.1) is 13.8 Å². The van der Waals surface area contributed by atoms with Crippen molar-refractivity contribution in [2.45, 2.75) is 45.1 Å². The molecule has 0 bridgehead atoms. The van der Waals surface area contributed by atoms with Gasteiger partial charge in [-0.3, -0.25) is 0 Å². The van der Waals surface area contributed by atoms with Crippen LogP contribution in [-0.4, -0.2) is 4.57 Å². The molecule has 0 unspecified atom stereocenters. The molecule has 18 heavy (non-hydrogen) atoms. The van der Waals surface area contributed by atoms with Crippen LogP contribution < -0.4 is 5.73 Å². The highest BCUT2D eigenvalue weighted by Crippen LogP contribution is 2.42. The number of rotatable bonds is 1. The lowest BCUT2D eigenvalue weighted by molar-refractivity contribution is 0.461. The van der Waals surface area contributed by atoms with Crippen LogP contribution in [0.2, 0.25) is 0 Å². The lowest BCUT2D eigenvalue weighted by Crippen LogP contribution is -2.33. The van der Waals surface area contributed by atoms with Gasteiger partial charge >= 0.3 is 0 Å². The molecule has 2 heteroatoms. The minimum Gasteiger partial charge on any atom is -0.347 e. The monoisotopic (exact) mass is 242 g/mol. The second kappa shape index (κ2) is 3.86. The summed E-state index contributed by atoms with van der Waals surface area (Å²) in [6, 6.07) is 6.57. The van der Waals surface area contributed by atoms with E-state index in [1.807, 2.05) is 0 Å². The van der Waals surface area contributed by atoms with Crippen molar-refractivity contribution in [1.29, 1.82) is 0 Å². The highest BCUT2D eigenvalue weighted by molar-refractivity contribution is 5.89. The van der Waals surface area contributed by atoms with Crippen molar-refractivity contribution < 1.29 is 0 Å². The topological polar surface area (TPSA) is 30.9 Å². The smallest absolute Gasteiger partial charge is 0.0513 e. The van der Waals surface area contributed by atoms with Gasteiger partial charge in [0.25, 0.3) is 0 Å². The first-order valence-electron chi connectivity index (χ1n) is 6.88. The highest BCUT2D eigenvalue weighted by atomic mass is 15.0. The van der Waals surface area contributed by atoms with Crippen molar-refractivity contribution in [3.63, 3.8) is 0 Å². The van der Waals surface area contributed by atoms with Gasteiger partial charge in [-0.25, -0.2) is 0 Å². The number of nitrogens with two attached hydrogens (primary N) is 1. The Morgan fingerprint density at radius 1 is 1.17 bits per heavy atom. The van der Waals surface area contributed by atoms with Crippen molar-refractivity contribution in [1.82, 2.24) is 4.57 Å². The van der Waals surface area contributed by atoms with E-state index in [4.69, 9.17) is 5.73 Å². The maximum Gasteiger partial charge on any atom is 0.0513 e. The SMILES string of the molecule is Cc1cccc2c(C3(N)CCCC3)c(C)n(C)c12. The van der Waals surface area contributed by atoms with Gasteiger partial charge in [0.15, 0.2) is 0 Å². The van der Waals surface area contributed by atoms with Crippen molar-refractivity contribution >= 4 is 10.9 Å². The Labute approximate surface area is 109 Å². The number of aryl methyl sites for hydroxylation is 2. The number of hydrogen-bond acceptors (Lipinski definition) is 1. The zero-order valence-corrected chi connectivity index (χ0v) is 11.6. The first kappa shape index (κ1) is 11.8. The molecule has 1 aromatic carbocycles. The summed E-state index contributed by atoms with van der Waals surface area (Å²) in [5.41, 5.74) is 12.0. The zero-order valence-electron chi connectivity index (χ0n) is 11.6. The molecule has 0 saturated heterocycles. The normalized spacial score (nSPS) is 18.7. The van der Waals surface area contributed by atoms with E-state index in [2.05, 4.69) is 43.7 Å². The number of para-hydroxylation sites is 1. The van der Waals surface area contributed by atoms with E-state index in [-0.39, 0.29) is 5.54 Å². The molecule has 1 aliphatic carbocycles. The first-order valence-corrected chi connectivity index (χ1v) is 6.88. The van der Waals surface area contributed by atoms with Crippen LogP contribution in [0.5, 0.6) is 0 Å².